The summed E-state index contributed by atoms with van der Waals surface area (Å²) in [7, 11) is 2.25. The van der Waals surface area contributed by atoms with Crippen molar-refractivity contribution >= 4 is 81.1 Å². The third-order valence-corrected chi connectivity index (χ3v) is 12.3. The number of thiophene rings is 1. The number of para-hydroxylation sites is 1. The average molecular weight is 672 g/mol. The molecule has 0 saturated carbocycles. The summed E-state index contributed by atoms with van der Waals surface area (Å²) in [6.45, 7) is 0. The number of nitrogens with zero attached hydrogens (tertiary/aromatic N) is 3. The van der Waals surface area contributed by atoms with Gasteiger partial charge in [-0.05, 0) is 69.6 Å². The fourth-order valence-electron chi connectivity index (χ4n) is 8.88. The molecule has 3 heterocycles. The molecule has 0 amide bonds. The lowest BCUT2D eigenvalue weighted by molar-refractivity contribution is 0.283. The van der Waals surface area contributed by atoms with Crippen LogP contribution in [0.1, 0.15) is 29.4 Å². The summed E-state index contributed by atoms with van der Waals surface area (Å²) in [6.07, 6.45) is 1.63. The molecule has 1 aliphatic carbocycles. The predicted octanol–water partition coefficient (Wildman–Crippen LogP) is 12.3. The van der Waals surface area contributed by atoms with Gasteiger partial charge in [0.1, 0.15) is 0 Å². The minimum atomic E-state index is -0.277. The Balaban J connectivity index is 1.24. The van der Waals surface area contributed by atoms with Gasteiger partial charge in [-0.1, -0.05) is 133 Å². The number of aryl methyl sites for hydroxylation is 1. The number of hydrogen-bond donors (Lipinski definition) is 0. The SMILES string of the molecule is CN1C(c2cccc(-c3ccccc3)c2)=C2C(=NC1n1c3ccccc3c3c4ccccc4c4c5ccccc5sc4c31)CCc1ccccc12. The normalized spacial score (nSPS) is 16.0. The van der Waals surface area contributed by atoms with Crippen LogP contribution in [-0.2, 0) is 6.42 Å². The molecule has 3 nitrogen and oxygen atoms in total. The van der Waals surface area contributed by atoms with E-state index in [1.54, 1.807) is 0 Å². The van der Waals surface area contributed by atoms with Gasteiger partial charge in [-0.15, -0.1) is 11.3 Å². The summed E-state index contributed by atoms with van der Waals surface area (Å²) in [5.41, 5.74) is 12.5. The highest BCUT2D eigenvalue weighted by molar-refractivity contribution is 7.27. The molecule has 0 bridgehead atoms. The van der Waals surface area contributed by atoms with Gasteiger partial charge in [0.25, 0.3) is 0 Å². The Morgan fingerprint density at radius 3 is 2.12 bits per heavy atom. The number of rotatable bonds is 3. The molecular weight excluding hydrogens is 639 g/mol. The van der Waals surface area contributed by atoms with Gasteiger partial charge in [0.05, 0.1) is 21.4 Å². The highest BCUT2D eigenvalue weighted by atomic mass is 32.1. The summed E-state index contributed by atoms with van der Waals surface area (Å²) in [4.78, 5) is 8.23. The summed E-state index contributed by atoms with van der Waals surface area (Å²) >= 11 is 1.91. The van der Waals surface area contributed by atoms with E-state index < -0.39 is 0 Å². The third kappa shape index (κ3) is 4.14. The highest BCUT2D eigenvalue weighted by Crippen LogP contribution is 2.50. The van der Waals surface area contributed by atoms with Gasteiger partial charge in [0.15, 0.2) is 0 Å². The molecule has 1 atom stereocenters. The van der Waals surface area contributed by atoms with E-state index in [0.717, 1.165) is 12.8 Å². The average Bonchev–Trinajstić information content (AvgIpc) is 3.75. The smallest absolute Gasteiger partial charge is 0.203 e. The lowest BCUT2D eigenvalue weighted by Gasteiger charge is -2.39. The molecule has 11 rings (SSSR count). The van der Waals surface area contributed by atoms with Crippen molar-refractivity contribution in [2.75, 3.05) is 7.05 Å². The van der Waals surface area contributed by atoms with E-state index in [2.05, 4.69) is 168 Å². The molecule has 4 heteroatoms. The molecule has 51 heavy (non-hydrogen) atoms. The van der Waals surface area contributed by atoms with Crippen LogP contribution in [0.25, 0.3) is 75.1 Å². The first-order valence-corrected chi connectivity index (χ1v) is 18.6. The molecule has 2 aliphatic rings. The summed E-state index contributed by atoms with van der Waals surface area (Å²) in [6, 6.07) is 55.6. The monoisotopic (exact) mass is 671 g/mol. The van der Waals surface area contributed by atoms with E-state index in [0.29, 0.717) is 0 Å². The van der Waals surface area contributed by atoms with Gasteiger partial charge < -0.3 is 4.90 Å². The molecule has 1 unspecified atom stereocenters. The van der Waals surface area contributed by atoms with Crippen molar-refractivity contribution in [3.05, 3.63) is 168 Å². The van der Waals surface area contributed by atoms with Crippen molar-refractivity contribution in [2.24, 2.45) is 4.99 Å². The van der Waals surface area contributed by atoms with E-state index in [9.17, 15) is 0 Å². The Hall–Kier alpha value is -5.97. The molecule has 0 radical (unpaired) electrons. The van der Waals surface area contributed by atoms with Crippen LogP contribution in [0.15, 0.2) is 157 Å². The zero-order valence-corrected chi connectivity index (χ0v) is 29.0. The van der Waals surface area contributed by atoms with Gasteiger partial charge in [-0.25, -0.2) is 4.99 Å². The zero-order chi connectivity index (χ0) is 33.6. The molecule has 2 aromatic heterocycles. The Kier molecular flexibility index (Phi) is 6.23. The standard InChI is InChI=1S/C47H33N3S/c1-49-44(32-18-13-17-31(28-32)29-14-3-2-4-15-29)43-33-19-6-5-16-30(33)26-27-38(43)48-47(49)50-39-24-11-9-22-36(39)41-34-20-7-8-21-35(34)42-37-23-10-12-25-40(37)51-46(42)45(41)50/h2-25,28,47H,26-27H2,1H3. The number of allylic oxidation sites excluding steroid dienone is 1. The first-order valence-electron chi connectivity index (χ1n) is 17.8. The van der Waals surface area contributed by atoms with Gasteiger partial charge in [0, 0.05) is 44.6 Å². The maximum absolute atomic E-state index is 5.78. The van der Waals surface area contributed by atoms with Crippen LogP contribution in [-0.4, -0.2) is 22.2 Å². The number of fused-ring (bicyclic) bond motifs is 13. The van der Waals surface area contributed by atoms with Crippen LogP contribution >= 0.6 is 11.3 Å². The van der Waals surface area contributed by atoms with Crippen LogP contribution in [0.5, 0.6) is 0 Å². The fraction of sp³-hybridized carbons (Fsp3) is 0.0851. The molecule has 0 spiro atoms. The first-order chi connectivity index (χ1) is 25.2. The van der Waals surface area contributed by atoms with Crippen molar-refractivity contribution in [1.82, 2.24) is 9.47 Å². The van der Waals surface area contributed by atoms with E-state index in [-0.39, 0.29) is 6.29 Å². The zero-order valence-electron chi connectivity index (χ0n) is 28.2. The van der Waals surface area contributed by atoms with Crippen molar-refractivity contribution in [3.63, 3.8) is 0 Å². The second-order valence-corrected chi connectivity index (χ2v) is 14.9. The fourth-order valence-corrected chi connectivity index (χ4v) is 10.1. The third-order valence-electron chi connectivity index (χ3n) is 11.1. The largest absolute Gasteiger partial charge is 0.335 e. The molecule has 1 aliphatic heterocycles. The van der Waals surface area contributed by atoms with Gasteiger partial charge in [-0.2, -0.15) is 0 Å². The topological polar surface area (TPSA) is 20.5 Å². The summed E-state index contributed by atoms with van der Waals surface area (Å²) < 4.78 is 5.20. The second kappa shape index (κ2) is 11.0. The van der Waals surface area contributed by atoms with Crippen LogP contribution in [0, 0.1) is 0 Å². The lowest BCUT2D eigenvalue weighted by Crippen LogP contribution is -2.34. The highest BCUT2D eigenvalue weighted by Gasteiger charge is 2.35. The predicted molar refractivity (Wildman–Crippen MR) is 218 cm³/mol. The molecule has 0 saturated heterocycles. The van der Waals surface area contributed by atoms with E-state index in [4.69, 9.17) is 4.99 Å². The van der Waals surface area contributed by atoms with E-state index in [1.807, 2.05) is 11.3 Å². The van der Waals surface area contributed by atoms with Crippen LogP contribution in [0.4, 0.5) is 0 Å². The second-order valence-electron chi connectivity index (χ2n) is 13.8. The van der Waals surface area contributed by atoms with Gasteiger partial charge in [-0.3, -0.25) is 4.57 Å². The van der Waals surface area contributed by atoms with Crippen molar-refractivity contribution in [2.45, 2.75) is 19.1 Å². The molecular formula is C47H33N3S. The van der Waals surface area contributed by atoms with Crippen molar-refractivity contribution in [1.29, 1.82) is 0 Å². The molecule has 0 fully saturated rings. The van der Waals surface area contributed by atoms with Crippen LogP contribution in [0.3, 0.4) is 0 Å². The van der Waals surface area contributed by atoms with E-state index >= 15 is 0 Å². The van der Waals surface area contributed by atoms with E-state index in [1.165, 1.54) is 97.5 Å². The Labute approximate surface area is 300 Å². The minimum Gasteiger partial charge on any atom is -0.335 e. The molecule has 9 aromatic rings. The maximum atomic E-state index is 5.78. The molecule has 0 N–H and O–H groups in total. The first kappa shape index (κ1) is 28.8. The molecule has 242 valence electrons. The van der Waals surface area contributed by atoms with Crippen molar-refractivity contribution in [3.8, 4) is 11.1 Å². The number of hydrogen-bond acceptors (Lipinski definition) is 3. The van der Waals surface area contributed by atoms with Gasteiger partial charge >= 0.3 is 0 Å². The number of aromatic nitrogens is 1. The molecule has 7 aromatic carbocycles. The maximum Gasteiger partial charge on any atom is 0.203 e. The van der Waals surface area contributed by atoms with Crippen molar-refractivity contribution < 1.29 is 0 Å². The number of aliphatic imine (C=N–C) groups is 1. The van der Waals surface area contributed by atoms with Gasteiger partial charge in [0.2, 0.25) is 6.29 Å². The Morgan fingerprint density at radius 2 is 1.25 bits per heavy atom. The summed E-state index contributed by atoms with van der Waals surface area (Å²) in [5.74, 6) is 0. The quantitative estimate of drug-likeness (QED) is 0.183. The number of benzene rings is 7. The van der Waals surface area contributed by atoms with Crippen LogP contribution in [0.2, 0.25) is 0 Å². The Morgan fingerprint density at radius 1 is 0.588 bits per heavy atom. The summed E-state index contributed by atoms with van der Waals surface area (Å²) in [5, 5.41) is 7.85. The minimum absolute atomic E-state index is 0.277. The Bertz CT molecular complexity index is 2940. The lowest BCUT2D eigenvalue weighted by atomic mass is 9.82. The van der Waals surface area contributed by atoms with Crippen LogP contribution < -0.4 is 0 Å².